The predicted molar refractivity (Wildman–Crippen MR) is 86.0 cm³/mol. The van der Waals surface area contributed by atoms with Gasteiger partial charge in [0.2, 0.25) is 0 Å². The normalized spacial score (nSPS) is 21.8. The van der Waals surface area contributed by atoms with Gasteiger partial charge in [0.1, 0.15) is 5.60 Å². The van der Waals surface area contributed by atoms with Crippen LogP contribution >= 0.6 is 0 Å². The van der Waals surface area contributed by atoms with Crippen molar-refractivity contribution in [2.75, 3.05) is 0 Å². The highest BCUT2D eigenvalue weighted by Crippen LogP contribution is 2.39. The molecular formula is C18H25NO2. The SMILES string of the molecule is CC/C(=C\c1ccccc1)[C@@H]1CC1NC(=O)OC(C)(C)C. The summed E-state index contributed by atoms with van der Waals surface area (Å²) in [6.07, 6.45) is 3.93. The standard InChI is InChI=1S/C18H25NO2/c1-5-14(11-13-9-7-6-8-10-13)15-12-16(15)19-17(20)21-18(2,3)4/h6-11,15-16H,5,12H2,1-4H3,(H,19,20)/b14-11+/t15-,16?/m0/s1. The molecule has 1 aliphatic carbocycles. The Balaban J connectivity index is 1.92. The fourth-order valence-corrected chi connectivity index (χ4v) is 2.46. The van der Waals surface area contributed by atoms with E-state index >= 15 is 0 Å². The lowest BCUT2D eigenvalue weighted by Crippen LogP contribution is -2.34. The fourth-order valence-electron chi connectivity index (χ4n) is 2.46. The van der Waals surface area contributed by atoms with Gasteiger partial charge in [0.05, 0.1) is 0 Å². The lowest BCUT2D eigenvalue weighted by atomic mass is 10.0. The van der Waals surface area contributed by atoms with Crippen LogP contribution in [0.15, 0.2) is 35.9 Å². The maximum atomic E-state index is 11.8. The molecule has 0 radical (unpaired) electrons. The highest BCUT2D eigenvalue weighted by Gasteiger charge is 2.41. The smallest absolute Gasteiger partial charge is 0.407 e. The number of carbonyl (C=O) groups excluding carboxylic acids is 1. The predicted octanol–water partition coefficient (Wildman–Crippen LogP) is 4.39. The highest BCUT2D eigenvalue weighted by molar-refractivity contribution is 5.69. The van der Waals surface area contributed by atoms with E-state index in [9.17, 15) is 4.79 Å². The molecule has 1 fully saturated rings. The Morgan fingerprint density at radius 2 is 2.00 bits per heavy atom. The molecule has 1 aromatic rings. The molecule has 1 aromatic carbocycles. The van der Waals surface area contributed by atoms with E-state index in [0.29, 0.717) is 5.92 Å². The zero-order chi connectivity index (χ0) is 15.5. The number of amides is 1. The Morgan fingerprint density at radius 1 is 1.33 bits per heavy atom. The summed E-state index contributed by atoms with van der Waals surface area (Å²) in [7, 11) is 0. The molecule has 0 saturated heterocycles. The van der Waals surface area contributed by atoms with E-state index in [0.717, 1.165) is 12.8 Å². The van der Waals surface area contributed by atoms with Crippen molar-refractivity contribution in [1.82, 2.24) is 5.32 Å². The van der Waals surface area contributed by atoms with Crippen molar-refractivity contribution in [3.63, 3.8) is 0 Å². The Labute approximate surface area is 127 Å². The monoisotopic (exact) mass is 287 g/mol. The van der Waals surface area contributed by atoms with E-state index < -0.39 is 5.60 Å². The van der Waals surface area contributed by atoms with Crippen molar-refractivity contribution < 1.29 is 9.53 Å². The van der Waals surface area contributed by atoms with Crippen molar-refractivity contribution >= 4 is 12.2 Å². The molecule has 1 amide bonds. The van der Waals surface area contributed by atoms with Crippen LogP contribution in [0.1, 0.15) is 46.1 Å². The van der Waals surface area contributed by atoms with Crippen LogP contribution in [0.4, 0.5) is 4.79 Å². The minimum absolute atomic E-state index is 0.217. The maximum absolute atomic E-state index is 11.8. The Bertz CT molecular complexity index is 514. The average molecular weight is 287 g/mol. The molecule has 1 unspecified atom stereocenters. The number of benzene rings is 1. The molecule has 114 valence electrons. The number of nitrogens with one attached hydrogen (secondary N) is 1. The van der Waals surface area contributed by atoms with Crippen LogP contribution in [-0.4, -0.2) is 17.7 Å². The Kier molecular flexibility index (Phi) is 4.71. The molecule has 1 saturated carbocycles. The third kappa shape index (κ3) is 4.92. The Hall–Kier alpha value is -1.77. The van der Waals surface area contributed by atoms with E-state index in [1.54, 1.807) is 0 Å². The molecule has 21 heavy (non-hydrogen) atoms. The van der Waals surface area contributed by atoms with Crippen LogP contribution in [0, 0.1) is 5.92 Å². The van der Waals surface area contributed by atoms with Gasteiger partial charge in [-0.3, -0.25) is 0 Å². The molecule has 3 nitrogen and oxygen atoms in total. The number of carbonyl (C=O) groups is 1. The molecule has 0 aromatic heterocycles. The average Bonchev–Trinajstić information content (AvgIpc) is 3.13. The summed E-state index contributed by atoms with van der Waals surface area (Å²) in [4.78, 5) is 11.8. The molecule has 0 heterocycles. The number of rotatable bonds is 4. The van der Waals surface area contributed by atoms with E-state index in [4.69, 9.17) is 4.74 Å². The Morgan fingerprint density at radius 3 is 2.57 bits per heavy atom. The summed E-state index contributed by atoms with van der Waals surface area (Å²) >= 11 is 0. The van der Waals surface area contributed by atoms with E-state index in [2.05, 4.69) is 30.4 Å². The number of alkyl carbamates (subject to hydrolysis) is 1. The van der Waals surface area contributed by atoms with Gasteiger partial charge in [0, 0.05) is 12.0 Å². The third-order valence-corrected chi connectivity index (χ3v) is 3.53. The molecular weight excluding hydrogens is 262 g/mol. The van der Waals surface area contributed by atoms with Gasteiger partial charge in [0.25, 0.3) is 0 Å². The van der Waals surface area contributed by atoms with Crippen LogP contribution in [0.5, 0.6) is 0 Å². The van der Waals surface area contributed by atoms with E-state index in [1.807, 2.05) is 39.0 Å². The van der Waals surface area contributed by atoms with Crippen molar-refractivity contribution in [2.24, 2.45) is 5.92 Å². The summed E-state index contributed by atoms with van der Waals surface area (Å²) < 4.78 is 5.30. The maximum Gasteiger partial charge on any atom is 0.407 e. The van der Waals surface area contributed by atoms with Crippen LogP contribution < -0.4 is 5.32 Å². The van der Waals surface area contributed by atoms with Gasteiger partial charge in [-0.25, -0.2) is 4.79 Å². The van der Waals surface area contributed by atoms with Gasteiger partial charge in [-0.15, -0.1) is 0 Å². The zero-order valence-corrected chi connectivity index (χ0v) is 13.3. The second-order valence-corrected chi connectivity index (χ2v) is 6.58. The molecule has 3 heteroatoms. The molecule has 1 aliphatic rings. The van der Waals surface area contributed by atoms with Gasteiger partial charge in [-0.05, 0) is 39.2 Å². The molecule has 2 rings (SSSR count). The van der Waals surface area contributed by atoms with Crippen LogP contribution in [0.25, 0.3) is 6.08 Å². The van der Waals surface area contributed by atoms with Crippen LogP contribution in [0.3, 0.4) is 0 Å². The zero-order valence-electron chi connectivity index (χ0n) is 13.3. The van der Waals surface area contributed by atoms with Gasteiger partial charge in [-0.1, -0.05) is 48.9 Å². The summed E-state index contributed by atoms with van der Waals surface area (Å²) in [5.74, 6) is 0.447. The van der Waals surface area contributed by atoms with Gasteiger partial charge in [-0.2, -0.15) is 0 Å². The number of hydrogen-bond acceptors (Lipinski definition) is 2. The minimum Gasteiger partial charge on any atom is -0.444 e. The van der Waals surface area contributed by atoms with Crippen molar-refractivity contribution in [3.8, 4) is 0 Å². The first kappa shape index (κ1) is 15.6. The first-order chi connectivity index (χ1) is 9.89. The van der Waals surface area contributed by atoms with Crippen molar-refractivity contribution in [3.05, 3.63) is 41.5 Å². The first-order valence-electron chi connectivity index (χ1n) is 7.64. The third-order valence-electron chi connectivity index (χ3n) is 3.53. The van der Waals surface area contributed by atoms with Crippen LogP contribution in [0.2, 0.25) is 0 Å². The van der Waals surface area contributed by atoms with Gasteiger partial charge < -0.3 is 10.1 Å². The van der Waals surface area contributed by atoms with Crippen molar-refractivity contribution in [2.45, 2.75) is 52.2 Å². The molecule has 0 spiro atoms. The lowest BCUT2D eigenvalue weighted by Gasteiger charge is -2.19. The molecule has 0 bridgehead atoms. The topological polar surface area (TPSA) is 38.3 Å². The molecule has 1 N–H and O–H groups in total. The van der Waals surface area contributed by atoms with E-state index in [1.165, 1.54) is 11.1 Å². The summed E-state index contributed by atoms with van der Waals surface area (Å²) in [6.45, 7) is 7.80. The second-order valence-electron chi connectivity index (χ2n) is 6.58. The van der Waals surface area contributed by atoms with Crippen LogP contribution in [-0.2, 0) is 4.74 Å². The molecule has 2 atom stereocenters. The lowest BCUT2D eigenvalue weighted by molar-refractivity contribution is 0.0522. The summed E-state index contributed by atoms with van der Waals surface area (Å²) in [5.41, 5.74) is 2.17. The number of ether oxygens (including phenoxy) is 1. The summed E-state index contributed by atoms with van der Waals surface area (Å²) in [5, 5.41) is 2.96. The van der Waals surface area contributed by atoms with Crippen molar-refractivity contribution in [1.29, 1.82) is 0 Å². The van der Waals surface area contributed by atoms with Gasteiger partial charge in [0.15, 0.2) is 0 Å². The summed E-state index contributed by atoms with van der Waals surface area (Å²) in [6, 6.07) is 10.5. The number of hydrogen-bond donors (Lipinski definition) is 1. The minimum atomic E-state index is -0.443. The largest absolute Gasteiger partial charge is 0.444 e. The molecule has 0 aliphatic heterocycles. The fraction of sp³-hybridized carbons (Fsp3) is 0.500. The first-order valence-corrected chi connectivity index (χ1v) is 7.64. The quantitative estimate of drug-likeness (QED) is 0.891. The second kappa shape index (κ2) is 6.33. The van der Waals surface area contributed by atoms with Gasteiger partial charge >= 0.3 is 6.09 Å². The van der Waals surface area contributed by atoms with E-state index in [-0.39, 0.29) is 12.1 Å². The highest BCUT2D eigenvalue weighted by atomic mass is 16.6.